The molecule has 0 amide bonds. The van der Waals surface area contributed by atoms with E-state index < -0.39 is 30.1 Å². The number of H-pyrrole nitrogens is 1. The predicted octanol–water partition coefficient (Wildman–Crippen LogP) is -0.409. The lowest BCUT2D eigenvalue weighted by molar-refractivity contribution is -0.0342. The standard InChI is InChI=1S/C13H16N4O5/c1-2-3-6(18)10-8(19)9(20)13(22-10)17-5-16-7-11(17)14-4-15-12(7)21/h3-5,8-10,13,18-20H,2H2,1H3,(H,14,15,21)/t8-,9+,10+,13+/m0/s1. The number of imidazole rings is 1. The molecule has 4 atom stereocenters. The molecule has 0 saturated carbocycles. The number of hydrogen-bond acceptors (Lipinski definition) is 7. The summed E-state index contributed by atoms with van der Waals surface area (Å²) in [7, 11) is 0. The first-order valence-electron chi connectivity index (χ1n) is 6.85. The summed E-state index contributed by atoms with van der Waals surface area (Å²) in [6.45, 7) is 1.82. The van der Waals surface area contributed by atoms with Crippen molar-refractivity contribution in [2.75, 3.05) is 0 Å². The fraction of sp³-hybridized carbons (Fsp3) is 0.462. The van der Waals surface area contributed by atoms with Crippen LogP contribution in [-0.2, 0) is 4.74 Å². The van der Waals surface area contributed by atoms with Crippen LogP contribution in [0.1, 0.15) is 19.6 Å². The Morgan fingerprint density at radius 1 is 1.45 bits per heavy atom. The zero-order chi connectivity index (χ0) is 15.9. The quantitative estimate of drug-likeness (QED) is 0.566. The molecule has 22 heavy (non-hydrogen) atoms. The molecule has 0 unspecified atom stereocenters. The van der Waals surface area contributed by atoms with E-state index in [1.165, 1.54) is 23.3 Å². The van der Waals surface area contributed by atoms with Crippen LogP contribution in [-0.4, -0.2) is 53.2 Å². The third-order valence-electron chi connectivity index (χ3n) is 3.58. The Labute approximate surface area is 124 Å². The molecule has 1 saturated heterocycles. The van der Waals surface area contributed by atoms with Crippen LogP contribution >= 0.6 is 0 Å². The minimum atomic E-state index is -1.30. The average Bonchev–Trinajstić information content (AvgIpc) is 3.03. The SMILES string of the molecule is CCC=C(O)[C@H]1O[C@@H](n2cnc3c(=O)[nH]cnc32)[C@H](O)[C@@H]1O. The van der Waals surface area contributed by atoms with Gasteiger partial charge in [0, 0.05) is 0 Å². The number of hydrogen-bond donors (Lipinski definition) is 4. The monoisotopic (exact) mass is 308 g/mol. The van der Waals surface area contributed by atoms with Crippen LogP contribution in [0.5, 0.6) is 0 Å². The van der Waals surface area contributed by atoms with Crippen molar-refractivity contribution in [2.45, 2.75) is 37.9 Å². The first-order valence-corrected chi connectivity index (χ1v) is 6.85. The summed E-state index contributed by atoms with van der Waals surface area (Å²) in [6, 6.07) is 0. The van der Waals surface area contributed by atoms with E-state index in [1.807, 2.05) is 6.92 Å². The Bertz CT molecular complexity index is 767. The number of rotatable bonds is 3. The summed E-state index contributed by atoms with van der Waals surface area (Å²) in [6.07, 6.45) is -0.0697. The molecule has 9 heteroatoms. The number of aliphatic hydroxyl groups is 3. The zero-order valence-electron chi connectivity index (χ0n) is 11.7. The molecule has 0 bridgehead atoms. The highest BCUT2D eigenvalue weighted by molar-refractivity contribution is 5.68. The van der Waals surface area contributed by atoms with Gasteiger partial charge < -0.3 is 25.0 Å². The molecule has 0 spiro atoms. The Morgan fingerprint density at radius 3 is 2.95 bits per heavy atom. The van der Waals surface area contributed by atoms with Crippen molar-refractivity contribution in [1.82, 2.24) is 19.5 Å². The summed E-state index contributed by atoms with van der Waals surface area (Å²) in [5.41, 5.74) is -0.0914. The van der Waals surface area contributed by atoms with Gasteiger partial charge in [0.15, 0.2) is 17.4 Å². The molecule has 2 aromatic heterocycles. The largest absolute Gasteiger partial charge is 0.510 e. The van der Waals surface area contributed by atoms with E-state index in [4.69, 9.17) is 4.74 Å². The molecular formula is C13H16N4O5. The maximum absolute atomic E-state index is 11.6. The number of aliphatic hydroxyl groups excluding tert-OH is 3. The van der Waals surface area contributed by atoms with E-state index in [2.05, 4.69) is 15.0 Å². The van der Waals surface area contributed by atoms with Crippen LogP contribution in [0, 0.1) is 0 Å². The number of ether oxygens (including phenoxy) is 1. The van der Waals surface area contributed by atoms with Crippen molar-refractivity contribution in [3.63, 3.8) is 0 Å². The lowest BCUT2D eigenvalue weighted by Gasteiger charge is -2.16. The number of nitrogens with one attached hydrogen (secondary N) is 1. The first kappa shape index (κ1) is 14.7. The lowest BCUT2D eigenvalue weighted by Crippen LogP contribution is -2.32. The molecule has 3 heterocycles. The summed E-state index contributed by atoms with van der Waals surface area (Å²) in [4.78, 5) is 22.0. The third kappa shape index (κ3) is 2.19. The average molecular weight is 308 g/mol. The molecular weight excluding hydrogens is 292 g/mol. The minimum absolute atomic E-state index is 0.101. The van der Waals surface area contributed by atoms with Crippen molar-refractivity contribution in [1.29, 1.82) is 0 Å². The van der Waals surface area contributed by atoms with Crippen LogP contribution < -0.4 is 5.56 Å². The van der Waals surface area contributed by atoms with E-state index in [0.29, 0.717) is 6.42 Å². The summed E-state index contributed by atoms with van der Waals surface area (Å²) in [5, 5.41) is 30.1. The van der Waals surface area contributed by atoms with E-state index in [0.717, 1.165) is 0 Å². The predicted molar refractivity (Wildman–Crippen MR) is 75.1 cm³/mol. The van der Waals surface area contributed by atoms with Gasteiger partial charge in [0.2, 0.25) is 0 Å². The number of aromatic amines is 1. The highest BCUT2D eigenvalue weighted by atomic mass is 16.6. The summed E-state index contributed by atoms with van der Waals surface area (Å²) in [5.74, 6) is -0.147. The van der Waals surface area contributed by atoms with Crippen molar-refractivity contribution >= 4 is 11.2 Å². The Morgan fingerprint density at radius 2 is 2.23 bits per heavy atom. The maximum Gasteiger partial charge on any atom is 0.278 e. The fourth-order valence-corrected chi connectivity index (χ4v) is 2.51. The second-order valence-electron chi connectivity index (χ2n) is 5.02. The van der Waals surface area contributed by atoms with Gasteiger partial charge in [0.05, 0.1) is 12.7 Å². The number of aromatic nitrogens is 4. The van der Waals surface area contributed by atoms with Crippen molar-refractivity contribution in [3.8, 4) is 0 Å². The summed E-state index contributed by atoms with van der Waals surface area (Å²) < 4.78 is 6.90. The molecule has 1 aliphatic heterocycles. The highest BCUT2D eigenvalue weighted by Crippen LogP contribution is 2.33. The molecule has 1 fully saturated rings. The van der Waals surface area contributed by atoms with E-state index in [-0.39, 0.29) is 16.9 Å². The zero-order valence-corrected chi connectivity index (χ0v) is 11.7. The van der Waals surface area contributed by atoms with Gasteiger partial charge in [-0.2, -0.15) is 0 Å². The molecule has 0 aliphatic carbocycles. The molecule has 4 N–H and O–H groups in total. The Balaban J connectivity index is 1.99. The molecule has 1 aliphatic rings. The maximum atomic E-state index is 11.6. The van der Waals surface area contributed by atoms with E-state index in [1.54, 1.807) is 0 Å². The van der Waals surface area contributed by atoms with Crippen molar-refractivity contribution in [2.24, 2.45) is 0 Å². The van der Waals surface area contributed by atoms with Gasteiger partial charge in [-0.1, -0.05) is 6.92 Å². The minimum Gasteiger partial charge on any atom is -0.510 e. The van der Waals surface area contributed by atoms with E-state index >= 15 is 0 Å². The second kappa shape index (κ2) is 5.52. The fourth-order valence-electron chi connectivity index (χ4n) is 2.51. The highest BCUT2D eigenvalue weighted by Gasteiger charge is 2.46. The Kier molecular flexibility index (Phi) is 3.69. The second-order valence-corrected chi connectivity index (χ2v) is 5.02. The van der Waals surface area contributed by atoms with Crippen molar-refractivity contribution < 1.29 is 20.1 Å². The molecule has 118 valence electrons. The normalized spacial score (nSPS) is 29.3. The number of nitrogens with zero attached hydrogens (tertiary/aromatic N) is 3. The van der Waals surface area contributed by atoms with Crippen LogP contribution in [0.15, 0.2) is 29.3 Å². The summed E-state index contributed by atoms with van der Waals surface area (Å²) >= 11 is 0. The van der Waals surface area contributed by atoms with Crippen LogP contribution in [0.2, 0.25) is 0 Å². The van der Waals surface area contributed by atoms with Gasteiger partial charge in [-0.15, -0.1) is 0 Å². The number of fused-ring (bicyclic) bond motifs is 1. The van der Waals surface area contributed by atoms with Crippen LogP contribution in [0.4, 0.5) is 0 Å². The van der Waals surface area contributed by atoms with Crippen molar-refractivity contribution in [3.05, 3.63) is 34.8 Å². The molecule has 0 radical (unpaired) electrons. The number of allylic oxidation sites excluding steroid dienone is 1. The Hall–Kier alpha value is -2.23. The third-order valence-corrected chi connectivity index (χ3v) is 3.58. The first-order chi connectivity index (χ1) is 10.5. The van der Waals surface area contributed by atoms with Gasteiger partial charge in [0.25, 0.3) is 5.56 Å². The lowest BCUT2D eigenvalue weighted by atomic mass is 10.1. The van der Waals surface area contributed by atoms with Gasteiger partial charge in [-0.25, -0.2) is 9.97 Å². The topological polar surface area (TPSA) is 133 Å². The molecule has 2 aromatic rings. The van der Waals surface area contributed by atoms with E-state index in [9.17, 15) is 20.1 Å². The van der Waals surface area contributed by atoms with Crippen LogP contribution in [0.25, 0.3) is 11.2 Å². The van der Waals surface area contributed by atoms with Gasteiger partial charge in [-0.05, 0) is 12.5 Å². The van der Waals surface area contributed by atoms with Gasteiger partial charge in [0.1, 0.15) is 24.1 Å². The van der Waals surface area contributed by atoms with Gasteiger partial charge in [-0.3, -0.25) is 9.36 Å². The van der Waals surface area contributed by atoms with Gasteiger partial charge >= 0.3 is 0 Å². The molecule has 3 rings (SSSR count). The smallest absolute Gasteiger partial charge is 0.278 e. The molecule has 0 aromatic carbocycles. The van der Waals surface area contributed by atoms with Crippen LogP contribution in [0.3, 0.4) is 0 Å². The molecule has 9 nitrogen and oxygen atoms in total.